The van der Waals surface area contributed by atoms with Crippen LogP contribution in [0.2, 0.25) is 0 Å². The summed E-state index contributed by atoms with van der Waals surface area (Å²) in [6.45, 7) is 3.66. The maximum Gasteiger partial charge on any atom is 0.243 e. The number of nitrogens with zero attached hydrogens (tertiary/aromatic N) is 2. The van der Waals surface area contributed by atoms with Crippen molar-refractivity contribution in [3.05, 3.63) is 59.9 Å². The van der Waals surface area contributed by atoms with Crippen LogP contribution in [-0.4, -0.2) is 56.3 Å². The Morgan fingerprint density at radius 1 is 1.07 bits per heavy atom. The fraction of sp³-hybridized carbons (Fsp3) is 0.350. The van der Waals surface area contributed by atoms with E-state index in [0.717, 1.165) is 23.7 Å². The summed E-state index contributed by atoms with van der Waals surface area (Å²) in [5.74, 6) is -0.710. The Morgan fingerprint density at radius 3 is 2.46 bits per heavy atom. The standard InChI is InChI=1S/C20H24FN3O3S/c1-2-16-5-3-7-18(13-16)22-20(25)15-23-9-11-24(12-10-23)28(26,27)19-8-4-6-17(21)14-19/h3-8,13-14H,2,9-12,15H2,1H3,(H,22,25). The molecule has 0 aromatic heterocycles. The normalized spacial score (nSPS) is 16.1. The number of hydrogen-bond donors (Lipinski definition) is 1. The highest BCUT2D eigenvalue weighted by Crippen LogP contribution is 2.18. The number of carbonyl (C=O) groups is 1. The molecule has 8 heteroatoms. The van der Waals surface area contributed by atoms with Gasteiger partial charge in [0.1, 0.15) is 5.82 Å². The number of carbonyl (C=O) groups excluding carboxylic acids is 1. The van der Waals surface area contributed by atoms with Crippen molar-refractivity contribution in [1.82, 2.24) is 9.21 Å². The van der Waals surface area contributed by atoms with Gasteiger partial charge < -0.3 is 5.32 Å². The minimum absolute atomic E-state index is 0.0468. The van der Waals surface area contributed by atoms with Gasteiger partial charge in [0.05, 0.1) is 11.4 Å². The number of amides is 1. The molecule has 150 valence electrons. The van der Waals surface area contributed by atoms with E-state index in [-0.39, 0.29) is 30.4 Å². The molecule has 1 aliphatic rings. The second-order valence-electron chi connectivity index (χ2n) is 6.74. The van der Waals surface area contributed by atoms with Crippen molar-refractivity contribution in [3.63, 3.8) is 0 Å². The SMILES string of the molecule is CCc1cccc(NC(=O)CN2CCN(S(=O)(=O)c3cccc(F)c3)CC2)c1. The van der Waals surface area contributed by atoms with Gasteiger partial charge in [-0.2, -0.15) is 4.31 Å². The summed E-state index contributed by atoms with van der Waals surface area (Å²) in [6, 6.07) is 12.7. The third-order valence-electron chi connectivity index (χ3n) is 4.75. The molecular formula is C20H24FN3O3S. The van der Waals surface area contributed by atoms with Gasteiger partial charge in [-0.25, -0.2) is 12.8 Å². The number of nitrogens with one attached hydrogen (secondary N) is 1. The lowest BCUT2D eigenvalue weighted by molar-refractivity contribution is -0.117. The summed E-state index contributed by atoms with van der Waals surface area (Å²) in [6.07, 6.45) is 0.894. The molecule has 0 saturated carbocycles. The zero-order valence-electron chi connectivity index (χ0n) is 15.8. The molecule has 1 amide bonds. The van der Waals surface area contributed by atoms with Crippen LogP contribution in [0.3, 0.4) is 0 Å². The number of piperazine rings is 1. The second kappa shape index (κ2) is 8.81. The topological polar surface area (TPSA) is 69.7 Å². The van der Waals surface area contributed by atoms with Crippen LogP contribution in [0.5, 0.6) is 0 Å². The predicted octanol–water partition coefficient (Wildman–Crippen LogP) is 2.33. The van der Waals surface area contributed by atoms with Gasteiger partial charge in [-0.1, -0.05) is 25.1 Å². The van der Waals surface area contributed by atoms with Crippen LogP contribution >= 0.6 is 0 Å². The van der Waals surface area contributed by atoms with E-state index in [2.05, 4.69) is 12.2 Å². The van der Waals surface area contributed by atoms with E-state index in [4.69, 9.17) is 0 Å². The number of rotatable bonds is 6. The number of sulfonamides is 1. The number of hydrogen-bond acceptors (Lipinski definition) is 4. The highest BCUT2D eigenvalue weighted by Gasteiger charge is 2.29. The van der Waals surface area contributed by atoms with Gasteiger partial charge in [0, 0.05) is 31.9 Å². The molecule has 28 heavy (non-hydrogen) atoms. The van der Waals surface area contributed by atoms with Crippen molar-refractivity contribution in [2.45, 2.75) is 18.2 Å². The largest absolute Gasteiger partial charge is 0.325 e. The molecule has 0 aliphatic carbocycles. The molecule has 1 heterocycles. The fourth-order valence-electron chi connectivity index (χ4n) is 3.18. The molecule has 2 aromatic rings. The molecule has 2 aromatic carbocycles. The van der Waals surface area contributed by atoms with E-state index in [1.165, 1.54) is 22.5 Å². The zero-order valence-corrected chi connectivity index (χ0v) is 16.6. The van der Waals surface area contributed by atoms with Crippen molar-refractivity contribution in [1.29, 1.82) is 0 Å². The number of anilines is 1. The smallest absolute Gasteiger partial charge is 0.243 e. The summed E-state index contributed by atoms with van der Waals surface area (Å²) in [5.41, 5.74) is 1.91. The summed E-state index contributed by atoms with van der Waals surface area (Å²) < 4.78 is 40.0. The monoisotopic (exact) mass is 405 g/mol. The molecule has 0 radical (unpaired) electrons. The Kier molecular flexibility index (Phi) is 6.43. The van der Waals surface area contributed by atoms with Crippen LogP contribution in [0.25, 0.3) is 0 Å². The summed E-state index contributed by atoms with van der Waals surface area (Å²) >= 11 is 0. The summed E-state index contributed by atoms with van der Waals surface area (Å²) in [5, 5.41) is 2.88. The van der Waals surface area contributed by atoms with Crippen molar-refractivity contribution < 1.29 is 17.6 Å². The minimum atomic E-state index is -3.73. The van der Waals surface area contributed by atoms with Crippen molar-refractivity contribution in [2.75, 3.05) is 38.0 Å². The lowest BCUT2D eigenvalue weighted by Gasteiger charge is -2.33. The third kappa shape index (κ3) is 4.95. The third-order valence-corrected chi connectivity index (χ3v) is 6.65. The molecule has 1 fully saturated rings. The van der Waals surface area contributed by atoms with E-state index in [1.54, 1.807) is 0 Å². The molecule has 1 N–H and O–H groups in total. The number of benzene rings is 2. The first-order valence-corrected chi connectivity index (χ1v) is 10.7. The zero-order chi connectivity index (χ0) is 20.1. The lowest BCUT2D eigenvalue weighted by atomic mass is 10.1. The quantitative estimate of drug-likeness (QED) is 0.801. The van der Waals surface area contributed by atoms with E-state index in [1.807, 2.05) is 29.2 Å². The Balaban J connectivity index is 1.54. The van der Waals surface area contributed by atoms with Crippen molar-refractivity contribution >= 4 is 21.6 Å². The molecule has 1 saturated heterocycles. The first-order valence-electron chi connectivity index (χ1n) is 9.25. The molecule has 0 atom stereocenters. The highest BCUT2D eigenvalue weighted by atomic mass is 32.2. The molecular weight excluding hydrogens is 381 g/mol. The van der Waals surface area contributed by atoms with Crippen LogP contribution in [-0.2, 0) is 21.2 Å². The first kappa shape index (κ1) is 20.4. The predicted molar refractivity (Wildman–Crippen MR) is 106 cm³/mol. The summed E-state index contributed by atoms with van der Waals surface area (Å²) in [4.78, 5) is 14.2. The minimum Gasteiger partial charge on any atom is -0.325 e. The van der Waals surface area contributed by atoms with E-state index < -0.39 is 15.8 Å². The maximum atomic E-state index is 13.4. The van der Waals surface area contributed by atoms with Gasteiger partial charge in [-0.3, -0.25) is 9.69 Å². The molecule has 0 unspecified atom stereocenters. The van der Waals surface area contributed by atoms with Crippen LogP contribution in [0, 0.1) is 5.82 Å². The Bertz CT molecular complexity index is 941. The summed E-state index contributed by atoms with van der Waals surface area (Å²) in [7, 11) is -3.73. The average Bonchev–Trinajstić information content (AvgIpc) is 2.68. The second-order valence-corrected chi connectivity index (χ2v) is 8.68. The first-order chi connectivity index (χ1) is 13.4. The number of aryl methyl sites for hydroxylation is 1. The van der Waals surface area contributed by atoms with E-state index >= 15 is 0 Å². The van der Waals surface area contributed by atoms with Gasteiger partial charge in [0.25, 0.3) is 0 Å². The van der Waals surface area contributed by atoms with Gasteiger partial charge in [-0.15, -0.1) is 0 Å². The Labute approximate surface area is 165 Å². The molecule has 6 nitrogen and oxygen atoms in total. The van der Waals surface area contributed by atoms with E-state index in [9.17, 15) is 17.6 Å². The van der Waals surface area contributed by atoms with Gasteiger partial charge in [0.15, 0.2) is 0 Å². The fourth-order valence-corrected chi connectivity index (χ4v) is 4.63. The maximum absolute atomic E-state index is 13.4. The average molecular weight is 405 g/mol. The highest BCUT2D eigenvalue weighted by molar-refractivity contribution is 7.89. The Hall–Kier alpha value is -2.29. The van der Waals surface area contributed by atoms with Crippen LogP contribution in [0.15, 0.2) is 53.4 Å². The molecule has 0 spiro atoms. The van der Waals surface area contributed by atoms with Crippen LogP contribution in [0.4, 0.5) is 10.1 Å². The molecule has 1 aliphatic heterocycles. The van der Waals surface area contributed by atoms with E-state index in [0.29, 0.717) is 13.1 Å². The molecule has 3 rings (SSSR count). The number of halogens is 1. The van der Waals surface area contributed by atoms with Gasteiger partial charge in [0.2, 0.25) is 15.9 Å². The molecule has 0 bridgehead atoms. The van der Waals surface area contributed by atoms with Crippen molar-refractivity contribution in [3.8, 4) is 0 Å². The lowest BCUT2D eigenvalue weighted by Crippen LogP contribution is -2.50. The van der Waals surface area contributed by atoms with Crippen molar-refractivity contribution in [2.24, 2.45) is 0 Å². The van der Waals surface area contributed by atoms with Crippen LogP contribution < -0.4 is 5.32 Å². The van der Waals surface area contributed by atoms with Gasteiger partial charge in [-0.05, 0) is 42.3 Å². The van der Waals surface area contributed by atoms with Gasteiger partial charge >= 0.3 is 0 Å². The Morgan fingerprint density at radius 2 is 1.79 bits per heavy atom. The van der Waals surface area contributed by atoms with Crippen LogP contribution in [0.1, 0.15) is 12.5 Å².